The zero-order valence-electron chi connectivity index (χ0n) is 14.6. The summed E-state index contributed by atoms with van der Waals surface area (Å²) in [6, 6.07) is 2.68. The van der Waals surface area contributed by atoms with Gasteiger partial charge in [0.15, 0.2) is 5.75 Å². The van der Waals surface area contributed by atoms with E-state index in [9.17, 15) is 13.2 Å². The minimum absolute atomic E-state index is 0.0271. The van der Waals surface area contributed by atoms with Crippen molar-refractivity contribution >= 4 is 27.5 Å². The molecule has 1 saturated carbocycles. The van der Waals surface area contributed by atoms with Crippen molar-refractivity contribution in [1.82, 2.24) is 9.62 Å². The van der Waals surface area contributed by atoms with E-state index < -0.39 is 21.5 Å². The molecule has 3 N–H and O–H groups in total. The monoisotopic (exact) mass is 389 g/mol. The molecule has 1 aliphatic rings. The number of hydrogen-bond acceptors (Lipinski definition) is 5. The van der Waals surface area contributed by atoms with Gasteiger partial charge in [0, 0.05) is 31.2 Å². The minimum Gasteiger partial charge on any atom is -0.494 e. The lowest BCUT2D eigenvalue weighted by Gasteiger charge is -2.29. The predicted octanol–water partition coefficient (Wildman–Crippen LogP) is 1.60. The van der Waals surface area contributed by atoms with Crippen molar-refractivity contribution in [3.63, 3.8) is 0 Å². The van der Waals surface area contributed by atoms with Crippen LogP contribution in [-0.4, -0.2) is 52.5 Å². The summed E-state index contributed by atoms with van der Waals surface area (Å²) in [6.07, 6.45) is 3.18. The Morgan fingerprint density at radius 1 is 1.36 bits per heavy atom. The van der Waals surface area contributed by atoms with Gasteiger partial charge in [0.2, 0.25) is 10.0 Å². The second-order valence-electron chi connectivity index (χ2n) is 6.48. The maximum absolute atomic E-state index is 13.0. The number of benzene rings is 1. The number of halogens is 1. The Labute approximate surface area is 153 Å². The molecule has 0 bridgehead atoms. The SMILES string of the molecule is COc1c(C(=O)N(C)C)cc(Cl)cc1S(=O)(=O)NC1(CN)CCCC1. The third-order valence-electron chi connectivity index (χ3n) is 4.45. The Balaban J connectivity index is 2.55. The van der Waals surface area contributed by atoms with Crippen LogP contribution in [-0.2, 0) is 10.0 Å². The molecule has 0 aliphatic heterocycles. The number of amides is 1. The fourth-order valence-electron chi connectivity index (χ4n) is 3.12. The summed E-state index contributed by atoms with van der Waals surface area (Å²) in [5.74, 6) is -0.425. The first-order valence-corrected chi connectivity index (χ1v) is 9.85. The minimum atomic E-state index is -3.97. The zero-order chi connectivity index (χ0) is 18.8. The lowest BCUT2D eigenvalue weighted by Crippen LogP contribution is -2.51. The summed E-state index contributed by atoms with van der Waals surface area (Å²) in [7, 11) is 0.484. The van der Waals surface area contributed by atoms with Crippen LogP contribution in [0.3, 0.4) is 0 Å². The number of nitrogens with one attached hydrogen (secondary N) is 1. The van der Waals surface area contributed by atoms with E-state index in [4.69, 9.17) is 22.1 Å². The first kappa shape index (κ1) is 20.0. The third kappa shape index (κ3) is 4.08. The number of hydrogen-bond donors (Lipinski definition) is 2. The molecule has 7 nitrogen and oxygen atoms in total. The molecule has 1 aliphatic carbocycles. The number of rotatable bonds is 6. The highest BCUT2D eigenvalue weighted by atomic mass is 35.5. The van der Waals surface area contributed by atoms with E-state index in [1.54, 1.807) is 14.1 Å². The topological polar surface area (TPSA) is 102 Å². The van der Waals surface area contributed by atoms with Crippen LogP contribution in [0.25, 0.3) is 0 Å². The Morgan fingerprint density at radius 3 is 2.44 bits per heavy atom. The molecule has 1 fully saturated rings. The van der Waals surface area contributed by atoms with Crippen molar-refractivity contribution in [1.29, 1.82) is 0 Å². The summed E-state index contributed by atoms with van der Waals surface area (Å²) in [5, 5.41) is 0.139. The Kier molecular flexibility index (Phi) is 5.98. The number of carbonyl (C=O) groups excluding carboxylic acids is 1. The zero-order valence-corrected chi connectivity index (χ0v) is 16.2. The van der Waals surface area contributed by atoms with Crippen LogP contribution in [0, 0.1) is 0 Å². The lowest BCUT2D eigenvalue weighted by atomic mass is 10.0. The highest BCUT2D eigenvalue weighted by molar-refractivity contribution is 7.89. The highest BCUT2D eigenvalue weighted by Crippen LogP contribution is 2.35. The van der Waals surface area contributed by atoms with Crippen LogP contribution in [0.1, 0.15) is 36.0 Å². The summed E-state index contributed by atoms with van der Waals surface area (Å²) >= 11 is 6.08. The van der Waals surface area contributed by atoms with Gasteiger partial charge in [-0.3, -0.25) is 4.79 Å². The summed E-state index contributed by atoms with van der Waals surface area (Å²) in [5.41, 5.74) is 5.25. The molecule has 140 valence electrons. The fourth-order valence-corrected chi connectivity index (χ4v) is 5.09. The molecule has 1 aromatic rings. The lowest BCUT2D eigenvalue weighted by molar-refractivity contribution is 0.0824. The molecule has 0 saturated heterocycles. The summed E-state index contributed by atoms with van der Waals surface area (Å²) in [6.45, 7) is 0.207. The first-order valence-electron chi connectivity index (χ1n) is 7.99. The highest BCUT2D eigenvalue weighted by Gasteiger charge is 2.38. The number of nitrogens with two attached hydrogens (primary N) is 1. The molecule has 25 heavy (non-hydrogen) atoms. The predicted molar refractivity (Wildman–Crippen MR) is 96.6 cm³/mol. The maximum Gasteiger partial charge on any atom is 0.257 e. The van der Waals surface area contributed by atoms with Crippen molar-refractivity contribution < 1.29 is 17.9 Å². The summed E-state index contributed by atoms with van der Waals surface area (Å²) in [4.78, 5) is 13.5. The van der Waals surface area contributed by atoms with Gasteiger partial charge in [-0.05, 0) is 25.0 Å². The van der Waals surface area contributed by atoms with Crippen molar-refractivity contribution in [2.24, 2.45) is 5.73 Å². The normalized spacial score (nSPS) is 16.7. The van der Waals surface area contributed by atoms with E-state index in [0.29, 0.717) is 12.8 Å². The van der Waals surface area contributed by atoms with E-state index in [-0.39, 0.29) is 27.8 Å². The van der Waals surface area contributed by atoms with Crippen LogP contribution in [0.5, 0.6) is 5.75 Å². The van der Waals surface area contributed by atoms with E-state index in [0.717, 1.165) is 12.8 Å². The Bertz CT molecular complexity index is 759. The average molecular weight is 390 g/mol. The van der Waals surface area contributed by atoms with Gasteiger partial charge in [-0.2, -0.15) is 0 Å². The molecule has 1 aromatic carbocycles. The molecule has 9 heteroatoms. The summed E-state index contributed by atoms with van der Waals surface area (Å²) < 4.78 is 34.0. The quantitative estimate of drug-likeness (QED) is 0.769. The van der Waals surface area contributed by atoms with Crippen LogP contribution in [0.2, 0.25) is 5.02 Å². The second-order valence-corrected chi connectivity index (χ2v) is 8.57. The van der Waals surface area contributed by atoms with Crippen molar-refractivity contribution in [2.75, 3.05) is 27.7 Å². The van der Waals surface area contributed by atoms with E-state index in [1.165, 1.54) is 24.1 Å². The van der Waals surface area contributed by atoms with Crippen molar-refractivity contribution in [3.05, 3.63) is 22.7 Å². The van der Waals surface area contributed by atoms with E-state index in [2.05, 4.69) is 4.72 Å². The van der Waals surface area contributed by atoms with E-state index in [1.807, 2.05) is 0 Å². The third-order valence-corrected chi connectivity index (χ3v) is 6.25. The smallest absolute Gasteiger partial charge is 0.257 e. The number of ether oxygens (including phenoxy) is 1. The molecule has 0 radical (unpaired) electrons. The number of nitrogens with zero attached hydrogens (tertiary/aromatic N) is 1. The average Bonchev–Trinajstić information content (AvgIpc) is 3.01. The van der Waals surface area contributed by atoms with Crippen molar-refractivity contribution in [2.45, 2.75) is 36.1 Å². The van der Waals surface area contributed by atoms with Gasteiger partial charge in [-0.15, -0.1) is 0 Å². The maximum atomic E-state index is 13.0. The van der Waals surface area contributed by atoms with Gasteiger partial charge in [-0.25, -0.2) is 13.1 Å². The van der Waals surface area contributed by atoms with Crippen LogP contribution in [0.15, 0.2) is 17.0 Å². The van der Waals surface area contributed by atoms with Crippen molar-refractivity contribution in [3.8, 4) is 5.75 Å². The number of methoxy groups -OCH3 is 1. The molecule has 0 aromatic heterocycles. The molecule has 0 spiro atoms. The van der Waals surface area contributed by atoms with Crippen LogP contribution in [0.4, 0.5) is 0 Å². The Hall–Kier alpha value is -1.35. The van der Waals surface area contributed by atoms with Gasteiger partial charge in [0.05, 0.1) is 12.7 Å². The van der Waals surface area contributed by atoms with Gasteiger partial charge in [0.1, 0.15) is 4.90 Å². The van der Waals surface area contributed by atoms with E-state index >= 15 is 0 Å². The molecule has 0 heterocycles. The Morgan fingerprint density at radius 2 is 1.96 bits per heavy atom. The molecule has 0 unspecified atom stereocenters. The largest absolute Gasteiger partial charge is 0.494 e. The standard InChI is InChI=1S/C16H24ClN3O4S/c1-20(2)15(21)12-8-11(17)9-13(14(12)24-3)25(22,23)19-16(10-18)6-4-5-7-16/h8-9,19H,4-7,10,18H2,1-3H3. The first-order chi connectivity index (χ1) is 11.7. The molecule has 1 amide bonds. The number of carbonyl (C=O) groups is 1. The molecule has 2 rings (SSSR count). The van der Waals surface area contributed by atoms with Crippen LogP contribution >= 0.6 is 11.6 Å². The molecular formula is C16H24ClN3O4S. The second kappa shape index (κ2) is 7.49. The van der Waals surface area contributed by atoms with Gasteiger partial charge in [-0.1, -0.05) is 24.4 Å². The van der Waals surface area contributed by atoms with Gasteiger partial charge in [0.25, 0.3) is 5.91 Å². The molecule has 0 atom stereocenters. The molecular weight excluding hydrogens is 366 g/mol. The number of sulfonamides is 1. The fraction of sp³-hybridized carbons (Fsp3) is 0.562. The van der Waals surface area contributed by atoms with Gasteiger partial charge < -0.3 is 15.4 Å². The van der Waals surface area contributed by atoms with Gasteiger partial charge >= 0.3 is 0 Å². The van der Waals surface area contributed by atoms with Crippen LogP contribution < -0.4 is 15.2 Å².